The Morgan fingerprint density at radius 3 is 2.44 bits per heavy atom. The van der Waals surface area contributed by atoms with Crippen LogP contribution in [-0.4, -0.2) is 23.7 Å². The second-order valence-electron chi connectivity index (χ2n) is 1.55. The zero-order valence-electron chi connectivity index (χ0n) is 5.38. The summed E-state index contributed by atoms with van der Waals surface area (Å²) in [5, 5.41) is -0.0278. The van der Waals surface area contributed by atoms with Crippen molar-refractivity contribution < 1.29 is 9.59 Å². The molecule has 0 aliphatic carbocycles. The highest BCUT2D eigenvalue weighted by Gasteiger charge is 2.05. The molecule has 0 heterocycles. The lowest BCUT2D eigenvalue weighted by molar-refractivity contribution is -0.104. The first-order valence-corrected chi connectivity index (χ1v) is 3.78. The third-order valence-corrected chi connectivity index (χ3v) is 2.00. The Hall–Kier alpha value is -0.530. The van der Waals surface area contributed by atoms with Crippen LogP contribution >= 0.6 is 11.8 Å². The lowest BCUT2D eigenvalue weighted by Crippen LogP contribution is -2.01. The highest BCUT2D eigenvalue weighted by atomic mass is 32.2. The molecule has 0 aromatic heterocycles. The molecule has 0 rings (SSSR count). The molecule has 3 heteroatoms. The van der Waals surface area contributed by atoms with Gasteiger partial charge in [-0.1, -0.05) is 0 Å². The smallest absolute Gasteiger partial charge is 0.158 e. The number of rotatable bonds is 3. The van der Waals surface area contributed by atoms with Crippen LogP contribution in [0.15, 0.2) is 5.57 Å². The number of carbonyl (C=O) groups excluding carboxylic acids is 2. The first kappa shape index (κ1) is 8.47. The number of carbonyl (C=O) groups is 1. The molecule has 0 aromatic carbocycles. The first-order chi connectivity index (χ1) is 4.26. The van der Waals surface area contributed by atoms with Crippen LogP contribution in [0.3, 0.4) is 0 Å². The quantitative estimate of drug-likeness (QED) is 0.332. The molecule has 0 N–H and O–H groups in total. The van der Waals surface area contributed by atoms with Gasteiger partial charge in [0.05, 0.1) is 5.57 Å². The van der Waals surface area contributed by atoms with Crippen LogP contribution < -0.4 is 0 Å². The summed E-state index contributed by atoms with van der Waals surface area (Å²) in [6.45, 7) is 1.79. The standard InChI is InChI=1S/C6H8O2S/c1-5(9-2)6(3-7)4-8/h3,5H,1-2H3. The van der Waals surface area contributed by atoms with Crippen molar-refractivity contribution in [3.05, 3.63) is 5.57 Å². The van der Waals surface area contributed by atoms with E-state index in [1.807, 2.05) is 6.26 Å². The molecule has 0 fully saturated rings. The molecule has 0 aliphatic heterocycles. The fraction of sp³-hybridized carbons (Fsp3) is 0.500. The largest absolute Gasteiger partial charge is 0.297 e. The maximum Gasteiger partial charge on any atom is 0.158 e. The van der Waals surface area contributed by atoms with Crippen molar-refractivity contribution in [2.75, 3.05) is 6.26 Å². The van der Waals surface area contributed by atoms with Crippen molar-refractivity contribution in [2.24, 2.45) is 0 Å². The average molecular weight is 144 g/mol. The van der Waals surface area contributed by atoms with Gasteiger partial charge in [0.15, 0.2) is 6.29 Å². The van der Waals surface area contributed by atoms with Crippen LogP contribution in [-0.2, 0) is 9.59 Å². The summed E-state index contributed by atoms with van der Waals surface area (Å²) >= 11 is 1.45. The van der Waals surface area contributed by atoms with E-state index < -0.39 is 0 Å². The summed E-state index contributed by atoms with van der Waals surface area (Å²) in [7, 11) is 0. The Kier molecular flexibility index (Phi) is 4.10. The van der Waals surface area contributed by atoms with Crippen molar-refractivity contribution in [3.8, 4) is 0 Å². The Bertz CT molecular complexity index is 147. The van der Waals surface area contributed by atoms with Crippen LogP contribution in [0.2, 0.25) is 0 Å². The highest BCUT2D eigenvalue weighted by Crippen LogP contribution is 2.10. The van der Waals surface area contributed by atoms with Gasteiger partial charge in [-0.2, -0.15) is 11.8 Å². The average Bonchev–Trinajstić information content (AvgIpc) is 1.90. The molecule has 1 unspecified atom stereocenters. The van der Waals surface area contributed by atoms with Gasteiger partial charge in [-0.3, -0.25) is 4.79 Å². The van der Waals surface area contributed by atoms with E-state index >= 15 is 0 Å². The lowest BCUT2D eigenvalue weighted by atomic mass is 10.2. The van der Waals surface area contributed by atoms with Crippen molar-refractivity contribution in [1.82, 2.24) is 0 Å². The van der Waals surface area contributed by atoms with E-state index in [9.17, 15) is 9.59 Å². The summed E-state index contributed by atoms with van der Waals surface area (Å²) in [6, 6.07) is 0. The van der Waals surface area contributed by atoms with Crippen LogP contribution in [0.5, 0.6) is 0 Å². The van der Waals surface area contributed by atoms with E-state index in [0.29, 0.717) is 6.29 Å². The van der Waals surface area contributed by atoms with E-state index in [0.717, 1.165) is 0 Å². The topological polar surface area (TPSA) is 34.1 Å². The monoisotopic (exact) mass is 144 g/mol. The van der Waals surface area contributed by atoms with E-state index in [-0.39, 0.29) is 10.8 Å². The van der Waals surface area contributed by atoms with E-state index in [4.69, 9.17) is 0 Å². The molecule has 0 spiro atoms. The molecular weight excluding hydrogens is 136 g/mol. The Morgan fingerprint density at radius 1 is 1.78 bits per heavy atom. The van der Waals surface area contributed by atoms with Crippen molar-refractivity contribution in [1.29, 1.82) is 0 Å². The molecule has 9 heavy (non-hydrogen) atoms. The van der Waals surface area contributed by atoms with Gasteiger partial charge in [-0.05, 0) is 13.2 Å². The predicted molar refractivity (Wildman–Crippen MR) is 38.2 cm³/mol. The molecule has 0 amide bonds. The normalized spacial score (nSPS) is 11.8. The van der Waals surface area contributed by atoms with Gasteiger partial charge in [0.25, 0.3) is 0 Å². The third-order valence-electron chi connectivity index (χ3n) is 1.04. The summed E-state index contributed by atoms with van der Waals surface area (Å²) < 4.78 is 0. The Morgan fingerprint density at radius 2 is 2.33 bits per heavy atom. The molecule has 2 nitrogen and oxygen atoms in total. The van der Waals surface area contributed by atoms with Crippen molar-refractivity contribution >= 4 is 24.0 Å². The molecular formula is C6H8O2S. The van der Waals surface area contributed by atoms with E-state index in [1.54, 1.807) is 12.9 Å². The SMILES string of the molecule is CSC(C)C(=C=O)C=O. The maximum atomic E-state index is 10.0. The zero-order chi connectivity index (χ0) is 7.28. The minimum absolute atomic E-state index is 0.0278. The molecule has 0 aromatic rings. The fourth-order valence-electron chi connectivity index (χ4n) is 0.330. The summed E-state index contributed by atoms with van der Waals surface area (Å²) in [5.41, 5.74) is 0.197. The first-order valence-electron chi connectivity index (χ1n) is 2.49. The van der Waals surface area contributed by atoms with Crippen LogP contribution in [0.4, 0.5) is 0 Å². The molecule has 0 saturated heterocycles. The lowest BCUT2D eigenvalue weighted by Gasteiger charge is -2.00. The van der Waals surface area contributed by atoms with Crippen LogP contribution in [0.1, 0.15) is 6.92 Å². The van der Waals surface area contributed by atoms with Crippen molar-refractivity contribution in [2.45, 2.75) is 12.2 Å². The van der Waals surface area contributed by atoms with Crippen LogP contribution in [0, 0.1) is 0 Å². The Balaban J connectivity index is 4.13. The predicted octanol–water partition coefficient (Wildman–Crippen LogP) is 0.695. The van der Waals surface area contributed by atoms with Crippen LogP contribution in [0.25, 0.3) is 0 Å². The van der Waals surface area contributed by atoms with E-state index in [1.165, 1.54) is 11.8 Å². The molecule has 0 saturated carbocycles. The van der Waals surface area contributed by atoms with E-state index in [2.05, 4.69) is 0 Å². The molecule has 0 aliphatic rings. The summed E-state index contributed by atoms with van der Waals surface area (Å²) in [4.78, 5) is 20.0. The minimum atomic E-state index is -0.0278. The highest BCUT2D eigenvalue weighted by molar-refractivity contribution is 7.99. The van der Waals surface area contributed by atoms with Gasteiger partial charge in [0.2, 0.25) is 0 Å². The Labute approximate surface area is 58.3 Å². The fourth-order valence-corrected chi connectivity index (χ4v) is 0.687. The third kappa shape index (κ3) is 2.49. The molecule has 50 valence electrons. The van der Waals surface area contributed by atoms with Gasteiger partial charge in [0, 0.05) is 5.25 Å². The molecule has 0 radical (unpaired) electrons. The summed E-state index contributed by atoms with van der Waals surface area (Å²) in [5.74, 6) is 1.58. The van der Waals surface area contributed by atoms with Gasteiger partial charge in [0.1, 0.15) is 5.94 Å². The number of hydrogen-bond acceptors (Lipinski definition) is 3. The summed E-state index contributed by atoms with van der Waals surface area (Å²) in [6.07, 6.45) is 2.39. The number of thioether (sulfide) groups is 1. The second-order valence-corrected chi connectivity index (χ2v) is 2.73. The maximum absolute atomic E-state index is 10.0. The van der Waals surface area contributed by atoms with Gasteiger partial charge in [-0.25, -0.2) is 4.79 Å². The second kappa shape index (κ2) is 4.36. The van der Waals surface area contributed by atoms with Crippen molar-refractivity contribution in [3.63, 3.8) is 0 Å². The van der Waals surface area contributed by atoms with Gasteiger partial charge >= 0.3 is 0 Å². The minimum Gasteiger partial charge on any atom is -0.297 e. The molecule has 0 bridgehead atoms. The molecule has 1 atom stereocenters. The number of aldehydes is 1. The van der Waals surface area contributed by atoms with Gasteiger partial charge in [-0.15, -0.1) is 0 Å². The number of hydrogen-bond donors (Lipinski definition) is 0. The zero-order valence-corrected chi connectivity index (χ0v) is 6.20. The van der Waals surface area contributed by atoms with Gasteiger partial charge < -0.3 is 0 Å².